The van der Waals surface area contributed by atoms with E-state index in [1.54, 1.807) is 0 Å². The fraction of sp³-hybridized carbons (Fsp3) is 0.350. The van der Waals surface area contributed by atoms with Crippen molar-refractivity contribution in [1.82, 2.24) is 0 Å². The Hall–Kier alpha value is -2.01. The van der Waals surface area contributed by atoms with Gasteiger partial charge in [-0.3, -0.25) is 4.79 Å². The molecular formula is C20H24BrNO3. The summed E-state index contributed by atoms with van der Waals surface area (Å²) < 4.78 is 12.1. The highest BCUT2D eigenvalue weighted by atomic mass is 79.9. The standard InChI is InChI=1S/C20H24BrNO3/c1-4-15-8-9-19(18(21)10-15)25-13-20(23)22-16-6-5-7-17(11-16)24-12-14(2)3/h5-11,14H,4,12-13H2,1-3H3,(H,22,23). The van der Waals surface area contributed by atoms with Crippen LogP contribution >= 0.6 is 15.9 Å². The molecular weight excluding hydrogens is 382 g/mol. The number of ether oxygens (including phenoxy) is 2. The first-order valence-electron chi connectivity index (χ1n) is 8.42. The normalized spacial score (nSPS) is 10.6. The topological polar surface area (TPSA) is 47.6 Å². The third kappa shape index (κ3) is 6.42. The molecule has 25 heavy (non-hydrogen) atoms. The van der Waals surface area contributed by atoms with Crippen molar-refractivity contribution in [3.05, 3.63) is 52.5 Å². The van der Waals surface area contributed by atoms with Crippen molar-refractivity contribution in [2.45, 2.75) is 27.2 Å². The minimum atomic E-state index is -0.215. The van der Waals surface area contributed by atoms with E-state index in [2.05, 4.69) is 42.0 Å². The SMILES string of the molecule is CCc1ccc(OCC(=O)Nc2cccc(OCC(C)C)c2)c(Br)c1. The molecule has 1 N–H and O–H groups in total. The van der Waals surface area contributed by atoms with Gasteiger partial charge in [0.15, 0.2) is 6.61 Å². The van der Waals surface area contributed by atoms with Crippen molar-refractivity contribution < 1.29 is 14.3 Å². The molecule has 0 saturated heterocycles. The summed E-state index contributed by atoms with van der Waals surface area (Å²) in [6.45, 7) is 6.86. The van der Waals surface area contributed by atoms with Crippen LogP contribution in [0, 0.1) is 5.92 Å². The average molecular weight is 406 g/mol. The van der Waals surface area contributed by atoms with Crippen molar-refractivity contribution in [1.29, 1.82) is 0 Å². The van der Waals surface area contributed by atoms with Gasteiger partial charge in [-0.05, 0) is 58.1 Å². The van der Waals surface area contributed by atoms with E-state index in [-0.39, 0.29) is 12.5 Å². The van der Waals surface area contributed by atoms with Crippen LogP contribution in [-0.4, -0.2) is 19.1 Å². The molecule has 0 bridgehead atoms. The van der Waals surface area contributed by atoms with Gasteiger partial charge in [0.2, 0.25) is 0 Å². The molecule has 0 aromatic heterocycles. The number of amides is 1. The summed E-state index contributed by atoms with van der Waals surface area (Å²) in [5.41, 5.74) is 1.90. The third-order valence-corrected chi connectivity index (χ3v) is 4.08. The first kappa shape index (κ1) is 19.3. The highest BCUT2D eigenvalue weighted by Crippen LogP contribution is 2.26. The first-order chi connectivity index (χ1) is 12.0. The van der Waals surface area contributed by atoms with Crippen molar-refractivity contribution in [3.63, 3.8) is 0 Å². The quantitative estimate of drug-likeness (QED) is 0.667. The Morgan fingerprint density at radius 1 is 1.16 bits per heavy atom. The van der Waals surface area contributed by atoms with Crippen molar-refractivity contribution in [3.8, 4) is 11.5 Å². The fourth-order valence-corrected chi connectivity index (χ4v) is 2.69. The summed E-state index contributed by atoms with van der Waals surface area (Å²) in [5, 5.41) is 2.82. The van der Waals surface area contributed by atoms with E-state index in [9.17, 15) is 4.79 Å². The molecule has 0 spiro atoms. The number of carbonyl (C=O) groups is 1. The summed E-state index contributed by atoms with van der Waals surface area (Å²) in [6, 6.07) is 13.2. The second kappa shape index (κ2) is 9.47. The maximum Gasteiger partial charge on any atom is 0.262 e. The van der Waals surface area contributed by atoms with Crippen molar-refractivity contribution in [2.24, 2.45) is 5.92 Å². The number of rotatable bonds is 8. The minimum absolute atomic E-state index is 0.0544. The van der Waals surface area contributed by atoms with Crippen LogP contribution < -0.4 is 14.8 Å². The Labute approximate surface area is 157 Å². The lowest BCUT2D eigenvalue weighted by atomic mass is 10.2. The fourth-order valence-electron chi connectivity index (χ4n) is 2.15. The molecule has 2 aromatic carbocycles. The molecule has 0 fully saturated rings. The molecule has 0 aliphatic rings. The molecule has 0 radical (unpaired) electrons. The molecule has 1 amide bonds. The molecule has 0 aliphatic heterocycles. The van der Waals surface area contributed by atoms with Gasteiger partial charge in [0, 0.05) is 11.8 Å². The summed E-state index contributed by atoms with van der Waals surface area (Å²) in [4.78, 5) is 12.1. The third-order valence-electron chi connectivity index (χ3n) is 3.46. The van der Waals surface area contributed by atoms with Crippen molar-refractivity contribution >= 4 is 27.5 Å². The van der Waals surface area contributed by atoms with Gasteiger partial charge in [-0.1, -0.05) is 32.9 Å². The zero-order valence-electron chi connectivity index (χ0n) is 14.8. The maximum absolute atomic E-state index is 12.1. The van der Waals surface area contributed by atoms with Crippen LogP contribution in [0.1, 0.15) is 26.3 Å². The first-order valence-corrected chi connectivity index (χ1v) is 9.21. The zero-order chi connectivity index (χ0) is 18.2. The highest BCUT2D eigenvalue weighted by Gasteiger charge is 2.08. The molecule has 0 unspecified atom stereocenters. The number of halogens is 1. The van der Waals surface area contributed by atoms with Crippen LogP contribution in [0.5, 0.6) is 11.5 Å². The van der Waals surface area contributed by atoms with Gasteiger partial charge in [-0.25, -0.2) is 0 Å². The molecule has 2 aromatic rings. The van der Waals surface area contributed by atoms with Gasteiger partial charge in [0.25, 0.3) is 5.91 Å². The number of aryl methyl sites for hydroxylation is 1. The Bertz CT molecular complexity index is 716. The van der Waals surface area contributed by atoms with Crippen LogP contribution in [0.4, 0.5) is 5.69 Å². The van der Waals surface area contributed by atoms with Gasteiger partial charge >= 0.3 is 0 Å². The van der Waals surface area contributed by atoms with E-state index in [4.69, 9.17) is 9.47 Å². The second-order valence-electron chi connectivity index (χ2n) is 6.19. The van der Waals surface area contributed by atoms with Gasteiger partial charge in [0.1, 0.15) is 11.5 Å². The molecule has 0 aliphatic carbocycles. The lowest BCUT2D eigenvalue weighted by Crippen LogP contribution is -2.20. The predicted octanol–water partition coefficient (Wildman–Crippen LogP) is 5.06. The monoisotopic (exact) mass is 405 g/mol. The van der Waals surface area contributed by atoms with Crippen molar-refractivity contribution in [2.75, 3.05) is 18.5 Å². The second-order valence-corrected chi connectivity index (χ2v) is 7.04. The number of hydrogen-bond acceptors (Lipinski definition) is 3. The van der Waals surface area contributed by atoms with E-state index < -0.39 is 0 Å². The summed E-state index contributed by atoms with van der Waals surface area (Å²) in [7, 11) is 0. The zero-order valence-corrected chi connectivity index (χ0v) is 16.4. The van der Waals surface area contributed by atoms with Gasteiger partial charge in [-0.15, -0.1) is 0 Å². The number of hydrogen-bond donors (Lipinski definition) is 1. The summed E-state index contributed by atoms with van der Waals surface area (Å²) in [6.07, 6.45) is 0.953. The molecule has 2 rings (SSSR count). The van der Waals surface area contributed by atoms with Crippen LogP contribution in [0.25, 0.3) is 0 Å². The molecule has 4 nitrogen and oxygen atoms in total. The summed E-state index contributed by atoms with van der Waals surface area (Å²) in [5.74, 6) is 1.63. The maximum atomic E-state index is 12.1. The molecule has 134 valence electrons. The number of benzene rings is 2. The van der Waals surface area contributed by atoms with E-state index >= 15 is 0 Å². The van der Waals surface area contributed by atoms with Crippen LogP contribution in [0.2, 0.25) is 0 Å². The summed E-state index contributed by atoms with van der Waals surface area (Å²) >= 11 is 3.47. The van der Waals surface area contributed by atoms with Gasteiger partial charge < -0.3 is 14.8 Å². The Morgan fingerprint density at radius 2 is 1.96 bits per heavy atom. The van der Waals surface area contributed by atoms with E-state index in [1.807, 2.05) is 42.5 Å². The van der Waals surface area contributed by atoms with E-state index in [0.29, 0.717) is 24.0 Å². The molecule has 0 saturated carbocycles. The number of nitrogens with one attached hydrogen (secondary N) is 1. The smallest absolute Gasteiger partial charge is 0.262 e. The molecule has 0 heterocycles. The largest absolute Gasteiger partial charge is 0.493 e. The lowest BCUT2D eigenvalue weighted by molar-refractivity contribution is -0.118. The lowest BCUT2D eigenvalue weighted by Gasteiger charge is -2.12. The Morgan fingerprint density at radius 3 is 2.64 bits per heavy atom. The Balaban J connectivity index is 1.89. The predicted molar refractivity (Wildman–Crippen MR) is 104 cm³/mol. The minimum Gasteiger partial charge on any atom is -0.493 e. The van der Waals surface area contributed by atoms with Crippen LogP contribution in [-0.2, 0) is 11.2 Å². The van der Waals surface area contributed by atoms with Crippen LogP contribution in [0.15, 0.2) is 46.9 Å². The van der Waals surface area contributed by atoms with Gasteiger partial charge in [-0.2, -0.15) is 0 Å². The number of carbonyl (C=O) groups excluding carboxylic acids is 1. The highest BCUT2D eigenvalue weighted by molar-refractivity contribution is 9.10. The number of anilines is 1. The van der Waals surface area contributed by atoms with E-state index in [0.717, 1.165) is 16.6 Å². The van der Waals surface area contributed by atoms with Gasteiger partial charge in [0.05, 0.1) is 11.1 Å². The Kier molecular flexibility index (Phi) is 7.31. The molecule has 5 heteroatoms. The average Bonchev–Trinajstić information content (AvgIpc) is 2.59. The van der Waals surface area contributed by atoms with Crippen LogP contribution in [0.3, 0.4) is 0 Å². The van der Waals surface area contributed by atoms with E-state index in [1.165, 1.54) is 5.56 Å². The molecule has 0 atom stereocenters.